The minimum atomic E-state index is 0.365. The lowest BCUT2D eigenvalue weighted by molar-refractivity contribution is -0.0458. The maximum atomic E-state index is 5.91. The molecule has 2 unspecified atom stereocenters. The Labute approximate surface area is 146 Å². The molecule has 1 aromatic rings. The lowest BCUT2D eigenvalue weighted by Crippen LogP contribution is -2.55. The highest BCUT2D eigenvalue weighted by atomic mass is 16.5. The summed E-state index contributed by atoms with van der Waals surface area (Å²) >= 11 is 0. The van der Waals surface area contributed by atoms with Crippen molar-refractivity contribution in [1.82, 2.24) is 14.7 Å². The molecule has 3 rings (SSSR count). The molecular formula is C19H31N3O2. The molecule has 2 aliphatic heterocycles. The zero-order valence-electron chi connectivity index (χ0n) is 15.1. The molecule has 1 aromatic carbocycles. The second-order valence-electron chi connectivity index (χ2n) is 7.06. The average Bonchev–Trinajstić information content (AvgIpc) is 2.58. The molecule has 0 aromatic heterocycles. The van der Waals surface area contributed by atoms with Crippen LogP contribution in [0.5, 0.6) is 5.75 Å². The van der Waals surface area contributed by atoms with Gasteiger partial charge in [0.05, 0.1) is 12.7 Å². The summed E-state index contributed by atoms with van der Waals surface area (Å²) in [6.07, 6.45) is 0.365. The molecule has 0 bridgehead atoms. The number of hydrogen-bond acceptors (Lipinski definition) is 5. The van der Waals surface area contributed by atoms with E-state index < -0.39 is 0 Å². The van der Waals surface area contributed by atoms with Gasteiger partial charge in [0.15, 0.2) is 0 Å². The van der Waals surface area contributed by atoms with E-state index >= 15 is 0 Å². The third-order valence-corrected chi connectivity index (χ3v) is 5.04. The summed E-state index contributed by atoms with van der Waals surface area (Å²) in [7, 11) is 2.18. The Morgan fingerprint density at radius 2 is 1.96 bits per heavy atom. The predicted molar refractivity (Wildman–Crippen MR) is 96.6 cm³/mol. The molecule has 2 fully saturated rings. The largest absolute Gasteiger partial charge is 0.492 e. The predicted octanol–water partition coefficient (Wildman–Crippen LogP) is 1.40. The van der Waals surface area contributed by atoms with Crippen molar-refractivity contribution in [2.24, 2.45) is 0 Å². The number of morpholine rings is 1. The van der Waals surface area contributed by atoms with E-state index in [2.05, 4.69) is 28.7 Å². The Hall–Kier alpha value is -1.14. The van der Waals surface area contributed by atoms with Gasteiger partial charge in [0, 0.05) is 51.9 Å². The SMILES string of the molecule is CC1CN(CC2CN(C)CCO2)CCN1CCOc1ccccc1. The first-order valence-electron chi connectivity index (χ1n) is 9.15. The quantitative estimate of drug-likeness (QED) is 0.785. The molecule has 24 heavy (non-hydrogen) atoms. The van der Waals surface area contributed by atoms with Crippen LogP contribution in [0.1, 0.15) is 6.92 Å². The van der Waals surface area contributed by atoms with Crippen LogP contribution in [0.2, 0.25) is 0 Å². The van der Waals surface area contributed by atoms with Crippen molar-refractivity contribution in [3.63, 3.8) is 0 Å². The monoisotopic (exact) mass is 333 g/mol. The molecule has 2 saturated heterocycles. The lowest BCUT2D eigenvalue weighted by atomic mass is 10.1. The van der Waals surface area contributed by atoms with E-state index in [4.69, 9.17) is 9.47 Å². The maximum Gasteiger partial charge on any atom is 0.119 e. The van der Waals surface area contributed by atoms with Crippen LogP contribution in [0, 0.1) is 0 Å². The number of hydrogen-bond donors (Lipinski definition) is 0. The summed E-state index contributed by atoms with van der Waals surface area (Å²) in [5.74, 6) is 0.961. The zero-order chi connectivity index (χ0) is 16.8. The van der Waals surface area contributed by atoms with E-state index in [1.807, 2.05) is 30.3 Å². The van der Waals surface area contributed by atoms with E-state index in [1.54, 1.807) is 0 Å². The van der Waals surface area contributed by atoms with Crippen LogP contribution in [0.4, 0.5) is 0 Å². The normalized spacial score (nSPS) is 27.2. The van der Waals surface area contributed by atoms with Gasteiger partial charge in [-0.2, -0.15) is 0 Å². The van der Waals surface area contributed by atoms with Gasteiger partial charge in [-0.1, -0.05) is 18.2 Å². The first-order valence-corrected chi connectivity index (χ1v) is 9.15. The molecule has 0 aliphatic carbocycles. The van der Waals surface area contributed by atoms with Gasteiger partial charge in [-0.25, -0.2) is 0 Å². The van der Waals surface area contributed by atoms with Gasteiger partial charge in [-0.3, -0.25) is 9.80 Å². The fraction of sp³-hybridized carbons (Fsp3) is 0.684. The van der Waals surface area contributed by atoms with E-state index in [0.717, 1.165) is 64.8 Å². The van der Waals surface area contributed by atoms with Crippen LogP contribution in [-0.2, 0) is 4.74 Å². The van der Waals surface area contributed by atoms with Crippen molar-refractivity contribution in [2.75, 3.05) is 66.1 Å². The van der Waals surface area contributed by atoms with Crippen LogP contribution < -0.4 is 4.74 Å². The topological polar surface area (TPSA) is 28.2 Å². The number of nitrogens with zero attached hydrogens (tertiary/aromatic N) is 3. The van der Waals surface area contributed by atoms with E-state index in [9.17, 15) is 0 Å². The van der Waals surface area contributed by atoms with E-state index in [1.165, 1.54) is 0 Å². The van der Waals surface area contributed by atoms with Crippen molar-refractivity contribution in [2.45, 2.75) is 19.1 Å². The van der Waals surface area contributed by atoms with E-state index in [0.29, 0.717) is 12.1 Å². The van der Waals surface area contributed by atoms with Gasteiger partial charge in [-0.05, 0) is 26.1 Å². The Balaban J connectivity index is 1.37. The Morgan fingerprint density at radius 3 is 2.71 bits per heavy atom. The molecule has 2 atom stereocenters. The van der Waals surface area contributed by atoms with Crippen LogP contribution in [0.3, 0.4) is 0 Å². The van der Waals surface area contributed by atoms with Crippen molar-refractivity contribution in [3.05, 3.63) is 30.3 Å². The number of rotatable bonds is 6. The highest BCUT2D eigenvalue weighted by Crippen LogP contribution is 2.13. The second kappa shape index (κ2) is 8.81. The van der Waals surface area contributed by atoms with Crippen LogP contribution in [0.15, 0.2) is 30.3 Å². The van der Waals surface area contributed by atoms with Crippen LogP contribution in [-0.4, -0.2) is 92.9 Å². The first-order chi connectivity index (χ1) is 11.7. The minimum absolute atomic E-state index is 0.365. The molecule has 0 spiro atoms. The Bertz CT molecular complexity index is 485. The van der Waals surface area contributed by atoms with Gasteiger partial charge in [-0.15, -0.1) is 0 Å². The van der Waals surface area contributed by atoms with E-state index in [-0.39, 0.29) is 0 Å². The number of likely N-dealkylation sites (N-methyl/N-ethyl adjacent to an activating group) is 1. The first kappa shape index (κ1) is 17.7. The maximum absolute atomic E-state index is 5.91. The van der Waals surface area contributed by atoms with Crippen LogP contribution >= 0.6 is 0 Å². The molecule has 5 nitrogen and oxygen atoms in total. The molecule has 0 radical (unpaired) electrons. The highest BCUT2D eigenvalue weighted by Gasteiger charge is 2.27. The third-order valence-electron chi connectivity index (χ3n) is 5.04. The summed E-state index contributed by atoms with van der Waals surface area (Å²) in [6, 6.07) is 10.6. The molecule has 2 aliphatic rings. The molecule has 0 N–H and O–H groups in total. The number of ether oxygens (including phenoxy) is 2. The lowest BCUT2D eigenvalue weighted by Gasteiger charge is -2.42. The Morgan fingerprint density at radius 1 is 1.12 bits per heavy atom. The molecule has 134 valence electrons. The fourth-order valence-corrected chi connectivity index (χ4v) is 3.63. The number of benzene rings is 1. The summed E-state index contributed by atoms with van der Waals surface area (Å²) in [5.41, 5.74) is 0. The zero-order valence-corrected chi connectivity index (χ0v) is 15.1. The van der Waals surface area contributed by atoms with Gasteiger partial charge in [0.1, 0.15) is 12.4 Å². The van der Waals surface area contributed by atoms with Gasteiger partial charge in [0.2, 0.25) is 0 Å². The summed E-state index contributed by atoms with van der Waals surface area (Å²) in [4.78, 5) is 7.46. The van der Waals surface area contributed by atoms with Crippen molar-refractivity contribution in [3.8, 4) is 5.75 Å². The van der Waals surface area contributed by atoms with Crippen molar-refractivity contribution >= 4 is 0 Å². The summed E-state index contributed by atoms with van der Waals surface area (Å²) in [5, 5.41) is 0. The Kier molecular flexibility index (Phi) is 6.49. The smallest absolute Gasteiger partial charge is 0.119 e. The van der Waals surface area contributed by atoms with Gasteiger partial charge < -0.3 is 14.4 Å². The molecule has 5 heteroatoms. The fourth-order valence-electron chi connectivity index (χ4n) is 3.63. The van der Waals surface area contributed by atoms with Crippen molar-refractivity contribution < 1.29 is 9.47 Å². The molecular weight excluding hydrogens is 302 g/mol. The van der Waals surface area contributed by atoms with Gasteiger partial charge >= 0.3 is 0 Å². The molecule has 0 amide bonds. The molecule has 2 heterocycles. The van der Waals surface area contributed by atoms with Crippen LogP contribution in [0.25, 0.3) is 0 Å². The number of para-hydroxylation sites is 1. The summed E-state index contributed by atoms with van der Waals surface area (Å²) in [6.45, 7) is 11.5. The molecule has 0 saturated carbocycles. The minimum Gasteiger partial charge on any atom is -0.492 e. The number of piperazine rings is 1. The highest BCUT2D eigenvalue weighted by molar-refractivity contribution is 5.20. The average molecular weight is 333 g/mol. The van der Waals surface area contributed by atoms with Crippen molar-refractivity contribution in [1.29, 1.82) is 0 Å². The summed E-state index contributed by atoms with van der Waals surface area (Å²) < 4.78 is 11.7. The standard InChI is InChI=1S/C19H31N3O2/c1-17-14-21(16-19-15-20(2)10-12-24-19)8-9-22(17)11-13-23-18-6-4-3-5-7-18/h3-7,17,19H,8-16H2,1-2H3. The third kappa shape index (κ3) is 5.18. The van der Waals surface area contributed by atoms with Gasteiger partial charge in [0.25, 0.3) is 0 Å². The second-order valence-corrected chi connectivity index (χ2v) is 7.06.